The molecule has 1 aliphatic heterocycles. The van der Waals surface area contributed by atoms with Gasteiger partial charge in [0.1, 0.15) is 0 Å². The first-order valence-electron chi connectivity index (χ1n) is 9.76. The number of rotatable bonds is 6. The van der Waals surface area contributed by atoms with Crippen molar-refractivity contribution in [2.24, 2.45) is 0 Å². The lowest BCUT2D eigenvalue weighted by Crippen LogP contribution is -2.50. The van der Waals surface area contributed by atoms with Crippen molar-refractivity contribution >= 4 is 5.91 Å². The van der Waals surface area contributed by atoms with Gasteiger partial charge in [-0.25, -0.2) is 9.37 Å². The van der Waals surface area contributed by atoms with Gasteiger partial charge in [0.25, 0.3) is 11.8 Å². The molecule has 0 radical (unpaired) electrons. The number of aromatic nitrogens is 4. The molecule has 0 aliphatic carbocycles. The van der Waals surface area contributed by atoms with Gasteiger partial charge in [0.15, 0.2) is 17.3 Å². The maximum Gasteiger partial charge on any atom is 0.275 e. The van der Waals surface area contributed by atoms with E-state index in [1.807, 2.05) is 0 Å². The third-order valence-corrected chi connectivity index (χ3v) is 5.44. The second kappa shape index (κ2) is 8.66. The topological polar surface area (TPSA) is 94.2 Å². The summed E-state index contributed by atoms with van der Waals surface area (Å²) < 4.78 is 24.9. The van der Waals surface area contributed by atoms with Gasteiger partial charge in [0, 0.05) is 51.0 Å². The highest BCUT2D eigenvalue weighted by atomic mass is 19.1. The Balaban J connectivity index is 1.64. The summed E-state index contributed by atoms with van der Waals surface area (Å²) in [5, 5.41) is 4.24. The van der Waals surface area contributed by atoms with E-state index in [1.54, 1.807) is 36.5 Å². The average molecular weight is 411 g/mol. The van der Waals surface area contributed by atoms with Crippen molar-refractivity contribution in [2.75, 3.05) is 26.8 Å². The smallest absolute Gasteiger partial charge is 0.275 e. The van der Waals surface area contributed by atoms with Crippen LogP contribution in [0.15, 0.2) is 47.4 Å². The molecule has 9 heteroatoms. The molecule has 1 atom stereocenters. The molecule has 3 aromatic heterocycles. The van der Waals surface area contributed by atoms with E-state index in [2.05, 4.69) is 20.1 Å². The predicted molar refractivity (Wildman–Crippen MR) is 105 cm³/mol. The highest BCUT2D eigenvalue weighted by molar-refractivity contribution is 5.92. The fourth-order valence-electron chi connectivity index (χ4n) is 3.84. The molecule has 1 aliphatic rings. The van der Waals surface area contributed by atoms with Crippen LogP contribution in [0.2, 0.25) is 0 Å². The molecule has 8 nitrogen and oxygen atoms in total. The highest BCUT2D eigenvalue weighted by Gasteiger charge is 2.43. The first-order chi connectivity index (χ1) is 14.6. The number of hydrogen-bond donors (Lipinski definition) is 0. The van der Waals surface area contributed by atoms with Crippen molar-refractivity contribution < 1.29 is 18.4 Å². The predicted octanol–water partition coefficient (Wildman–Crippen LogP) is 2.88. The number of likely N-dealkylation sites (tertiary alicyclic amines) is 1. The zero-order valence-corrected chi connectivity index (χ0v) is 16.6. The highest BCUT2D eigenvalue weighted by Crippen LogP contribution is 2.37. The second-order valence-corrected chi connectivity index (χ2v) is 7.35. The summed E-state index contributed by atoms with van der Waals surface area (Å²) in [6, 6.07) is 6.28. The Morgan fingerprint density at radius 2 is 2.13 bits per heavy atom. The van der Waals surface area contributed by atoms with Crippen LogP contribution in [0.5, 0.6) is 0 Å². The van der Waals surface area contributed by atoms with Crippen LogP contribution < -0.4 is 0 Å². The summed E-state index contributed by atoms with van der Waals surface area (Å²) in [4.78, 5) is 27.1. The minimum atomic E-state index is -0.630. The summed E-state index contributed by atoms with van der Waals surface area (Å²) in [6.45, 7) is 1.32. The molecule has 0 aromatic carbocycles. The summed E-state index contributed by atoms with van der Waals surface area (Å²) in [6.07, 6.45) is 6.82. The minimum Gasteiger partial charge on any atom is -0.385 e. The van der Waals surface area contributed by atoms with Gasteiger partial charge in [-0.15, -0.1) is 0 Å². The van der Waals surface area contributed by atoms with E-state index >= 15 is 0 Å². The van der Waals surface area contributed by atoms with Gasteiger partial charge in [0.05, 0.1) is 5.41 Å². The van der Waals surface area contributed by atoms with Gasteiger partial charge in [0.2, 0.25) is 0 Å². The first-order valence-corrected chi connectivity index (χ1v) is 9.76. The van der Waals surface area contributed by atoms with E-state index in [1.165, 1.54) is 18.3 Å². The zero-order chi connectivity index (χ0) is 21.0. The largest absolute Gasteiger partial charge is 0.385 e. The molecule has 156 valence electrons. The number of methoxy groups -OCH3 is 1. The molecule has 4 heterocycles. The van der Waals surface area contributed by atoms with E-state index < -0.39 is 17.1 Å². The monoisotopic (exact) mass is 411 g/mol. The molecule has 0 N–H and O–H groups in total. The van der Waals surface area contributed by atoms with Crippen LogP contribution in [0.25, 0.3) is 11.5 Å². The van der Waals surface area contributed by atoms with Crippen LogP contribution in [0.4, 0.5) is 4.39 Å². The lowest BCUT2D eigenvalue weighted by Gasteiger charge is -2.40. The molecule has 1 fully saturated rings. The number of hydrogen-bond acceptors (Lipinski definition) is 7. The number of amides is 1. The SMILES string of the molecule is COCCC1(c2noc(-c3ccncc3)n2)CCCN(C(=O)c2ncccc2F)C1. The van der Waals surface area contributed by atoms with Crippen LogP contribution in [-0.4, -0.2) is 57.7 Å². The van der Waals surface area contributed by atoms with Gasteiger partial charge >= 0.3 is 0 Å². The molecule has 0 saturated carbocycles. The number of pyridine rings is 2. The van der Waals surface area contributed by atoms with Crippen LogP contribution in [0.3, 0.4) is 0 Å². The molecule has 3 aromatic rings. The normalized spacial score (nSPS) is 19.1. The van der Waals surface area contributed by atoms with E-state index in [0.717, 1.165) is 18.4 Å². The van der Waals surface area contributed by atoms with Crippen molar-refractivity contribution in [3.63, 3.8) is 0 Å². The number of ether oxygens (including phenoxy) is 1. The third kappa shape index (κ3) is 3.93. The Hall–Kier alpha value is -3.20. The van der Waals surface area contributed by atoms with Crippen molar-refractivity contribution in [3.05, 3.63) is 60.2 Å². The maximum absolute atomic E-state index is 14.1. The molecule has 1 amide bonds. The van der Waals surface area contributed by atoms with E-state index in [0.29, 0.717) is 37.8 Å². The number of nitrogens with zero attached hydrogens (tertiary/aromatic N) is 5. The molecular weight excluding hydrogens is 389 g/mol. The Bertz CT molecular complexity index is 1010. The quantitative estimate of drug-likeness (QED) is 0.616. The van der Waals surface area contributed by atoms with Gasteiger partial charge in [-0.1, -0.05) is 5.16 Å². The molecule has 1 unspecified atom stereocenters. The number of carbonyl (C=O) groups excluding carboxylic acids is 1. The van der Waals surface area contributed by atoms with Gasteiger partial charge in [-0.2, -0.15) is 4.98 Å². The van der Waals surface area contributed by atoms with Crippen LogP contribution in [-0.2, 0) is 10.2 Å². The molecule has 1 saturated heterocycles. The van der Waals surface area contributed by atoms with Gasteiger partial charge < -0.3 is 14.2 Å². The fraction of sp³-hybridized carbons (Fsp3) is 0.381. The van der Waals surface area contributed by atoms with Crippen molar-refractivity contribution in [1.82, 2.24) is 25.0 Å². The number of carbonyl (C=O) groups is 1. The van der Waals surface area contributed by atoms with Crippen LogP contribution in [0, 0.1) is 5.82 Å². The lowest BCUT2D eigenvalue weighted by atomic mass is 9.76. The average Bonchev–Trinajstić information content (AvgIpc) is 3.29. The molecule has 30 heavy (non-hydrogen) atoms. The Kier molecular flexibility index (Phi) is 5.80. The van der Waals surface area contributed by atoms with Crippen molar-refractivity contribution in [2.45, 2.75) is 24.7 Å². The van der Waals surface area contributed by atoms with Crippen molar-refractivity contribution in [3.8, 4) is 11.5 Å². The fourth-order valence-corrected chi connectivity index (χ4v) is 3.84. The third-order valence-electron chi connectivity index (χ3n) is 5.44. The molecular formula is C21H22FN5O3. The first kappa shape index (κ1) is 20.1. The summed E-state index contributed by atoms with van der Waals surface area (Å²) in [5.41, 5.74) is 0.0415. The van der Waals surface area contributed by atoms with Gasteiger partial charge in [-0.05, 0) is 43.5 Å². The van der Waals surface area contributed by atoms with E-state index in [4.69, 9.17) is 9.26 Å². The van der Waals surface area contributed by atoms with Crippen LogP contribution in [0.1, 0.15) is 35.6 Å². The summed E-state index contributed by atoms with van der Waals surface area (Å²) >= 11 is 0. The van der Waals surface area contributed by atoms with Gasteiger partial charge in [-0.3, -0.25) is 9.78 Å². The molecule has 0 bridgehead atoms. The zero-order valence-electron chi connectivity index (χ0n) is 16.6. The standard InChI is InChI=1S/C21H22FN5O3/c1-29-13-8-21(20-25-18(30-26-20)15-5-10-23-11-6-15)7-3-12-27(14-21)19(28)17-16(22)4-2-9-24-17/h2,4-6,9-11H,3,7-8,12-14H2,1H3. The number of halogens is 1. The van der Waals surface area contributed by atoms with Crippen LogP contribution >= 0.6 is 0 Å². The lowest BCUT2D eigenvalue weighted by molar-refractivity contribution is 0.0557. The second-order valence-electron chi connectivity index (χ2n) is 7.35. The maximum atomic E-state index is 14.1. The van der Waals surface area contributed by atoms with E-state index in [9.17, 15) is 9.18 Å². The molecule has 0 spiro atoms. The van der Waals surface area contributed by atoms with E-state index in [-0.39, 0.29) is 5.69 Å². The Morgan fingerprint density at radius 3 is 2.90 bits per heavy atom. The summed E-state index contributed by atoms with van der Waals surface area (Å²) in [5.74, 6) is -0.156. The minimum absolute atomic E-state index is 0.175. The Labute approximate surface area is 173 Å². The number of piperidine rings is 1. The Morgan fingerprint density at radius 1 is 1.30 bits per heavy atom. The molecule has 4 rings (SSSR count). The summed E-state index contributed by atoms with van der Waals surface area (Å²) in [7, 11) is 1.63. The van der Waals surface area contributed by atoms with Crippen molar-refractivity contribution in [1.29, 1.82) is 0 Å².